The minimum absolute atomic E-state index is 0.0162. The van der Waals surface area contributed by atoms with Crippen LogP contribution in [0.25, 0.3) is 10.2 Å². The molecule has 0 aliphatic rings. The van der Waals surface area contributed by atoms with E-state index >= 15 is 0 Å². The van der Waals surface area contributed by atoms with Gasteiger partial charge >= 0.3 is 15.5 Å². The third-order valence-electron chi connectivity index (χ3n) is 7.06. The van der Waals surface area contributed by atoms with E-state index in [1.54, 1.807) is 17.7 Å². The lowest BCUT2D eigenvalue weighted by Crippen LogP contribution is -2.31. The van der Waals surface area contributed by atoms with Gasteiger partial charge in [-0.15, -0.1) is 10.2 Å². The third-order valence-corrected chi connectivity index (χ3v) is 9.20. The molecule has 0 spiro atoms. The number of aryl methyl sites for hydroxylation is 3. The fourth-order valence-electron chi connectivity index (χ4n) is 4.57. The van der Waals surface area contributed by atoms with Gasteiger partial charge in [-0.05, 0) is 88.3 Å². The molecule has 0 saturated heterocycles. The van der Waals surface area contributed by atoms with Crippen molar-refractivity contribution in [3.8, 4) is 0 Å². The number of nitrogens with one attached hydrogen (secondary N) is 1. The molecule has 12 heteroatoms. The Balaban J connectivity index is 2.28. The number of azo groups is 1. The molecular formula is C26H34F3N5O2S2. The summed E-state index contributed by atoms with van der Waals surface area (Å²) in [5, 5.41) is 8.89. The number of rotatable bonds is 9. The average Bonchev–Trinajstić information content (AvgIpc) is 3.30. The molecule has 0 radical (unpaired) electrons. The van der Waals surface area contributed by atoms with Crippen LogP contribution in [0.2, 0.25) is 0 Å². The standard InChI is InChI=1S/C26H34F3N5O2S2/c1-9-18-13-20(31-32-25-30-21-16(7)14(5)15(6)17(8)24(21)37-25)22(33-38(35,36)26(27,28)29)19(10-2)23(18)34(11-3)12-4/h13,33H,9-12H2,1-8H3. The number of fused-ring (bicyclic) bond motifs is 1. The number of hydrogen-bond donors (Lipinski definition) is 1. The molecule has 1 N–H and O–H groups in total. The first-order valence-electron chi connectivity index (χ1n) is 12.5. The molecular weight excluding hydrogens is 535 g/mol. The first-order chi connectivity index (χ1) is 17.7. The van der Waals surface area contributed by atoms with Crippen molar-refractivity contribution in [1.82, 2.24) is 4.98 Å². The van der Waals surface area contributed by atoms with Crippen molar-refractivity contribution < 1.29 is 21.6 Å². The molecule has 0 aliphatic carbocycles. The van der Waals surface area contributed by atoms with Crippen molar-refractivity contribution >= 4 is 53.8 Å². The Morgan fingerprint density at radius 2 is 1.55 bits per heavy atom. The predicted octanol–water partition coefficient (Wildman–Crippen LogP) is 8.18. The molecule has 1 heterocycles. The highest BCUT2D eigenvalue weighted by molar-refractivity contribution is 7.93. The Labute approximate surface area is 226 Å². The van der Waals surface area contributed by atoms with E-state index in [1.165, 1.54) is 11.3 Å². The van der Waals surface area contributed by atoms with Gasteiger partial charge < -0.3 is 4.90 Å². The summed E-state index contributed by atoms with van der Waals surface area (Å²) in [6.45, 7) is 16.9. The number of nitrogens with zero attached hydrogens (tertiary/aromatic N) is 4. The van der Waals surface area contributed by atoms with Crippen LogP contribution in [0.15, 0.2) is 16.3 Å². The molecule has 0 saturated carbocycles. The highest BCUT2D eigenvalue weighted by Gasteiger charge is 2.46. The summed E-state index contributed by atoms with van der Waals surface area (Å²) in [5.74, 6) is 0. The van der Waals surface area contributed by atoms with E-state index in [4.69, 9.17) is 0 Å². The van der Waals surface area contributed by atoms with Crippen molar-refractivity contribution in [3.05, 3.63) is 39.4 Å². The maximum atomic E-state index is 13.4. The molecule has 7 nitrogen and oxygen atoms in total. The van der Waals surface area contributed by atoms with Gasteiger partial charge in [0.2, 0.25) is 5.13 Å². The van der Waals surface area contributed by atoms with Crippen molar-refractivity contribution in [3.63, 3.8) is 0 Å². The Morgan fingerprint density at radius 3 is 2.08 bits per heavy atom. The van der Waals surface area contributed by atoms with Crippen LogP contribution in [0.3, 0.4) is 0 Å². The minimum Gasteiger partial charge on any atom is -0.372 e. The molecule has 208 valence electrons. The number of anilines is 2. The van der Waals surface area contributed by atoms with Crippen molar-refractivity contribution in [1.29, 1.82) is 0 Å². The maximum Gasteiger partial charge on any atom is 0.516 e. The van der Waals surface area contributed by atoms with Gasteiger partial charge in [0.05, 0.1) is 15.9 Å². The van der Waals surface area contributed by atoms with E-state index in [9.17, 15) is 21.6 Å². The average molecular weight is 570 g/mol. The van der Waals surface area contributed by atoms with Gasteiger partial charge in [0.25, 0.3) is 0 Å². The lowest BCUT2D eigenvalue weighted by Gasteiger charge is -2.29. The lowest BCUT2D eigenvalue weighted by molar-refractivity contribution is -0.0429. The molecule has 3 aromatic rings. The topological polar surface area (TPSA) is 87.0 Å². The van der Waals surface area contributed by atoms with Gasteiger partial charge in [0.1, 0.15) is 5.69 Å². The largest absolute Gasteiger partial charge is 0.516 e. The normalized spacial score (nSPS) is 12.6. The number of alkyl halides is 3. The van der Waals surface area contributed by atoms with Gasteiger partial charge in [0, 0.05) is 24.3 Å². The van der Waals surface area contributed by atoms with Crippen LogP contribution in [0.5, 0.6) is 0 Å². The van der Waals surface area contributed by atoms with Gasteiger partial charge in [0.15, 0.2) is 0 Å². The van der Waals surface area contributed by atoms with E-state index in [0.29, 0.717) is 30.2 Å². The minimum atomic E-state index is -5.69. The van der Waals surface area contributed by atoms with E-state index < -0.39 is 15.5 Å². The zero-order valence-electron chi connectivity index (χ0n) is 23.0. The zero-order valence-corrected chi connectivity index (χ0v) is 24.6. The Bertz CT molecular complexity index is 1450. The molecule has 0 bridgehead atoms. The van der Waals surface area contributed by atoms with Gasteiger partial charge in [-0.1, -0.05) is 25.2 Å². The smallest absolute Gasteiger partial charge is 0.372 e. The second kappa shape index (κ2) is 11.2. The molecule has 0 unspecified atom stereocenters. The number of halogens is 3. The van der Waals surface area contributed by atoms with E-state index in [0.717, 1.165) is 43.7 Å². The SMILES string of the molecule is CCc1cc(N=Nc2nc3c(C)c(C)c(C)c(C)c3s2)c(NS(=O)(=O)C(F)(F)F)c(CC)c1N(CC)CC. The first kappa shape index (κ1) is 29.8. The fourth-order valence-corrected chi connectivity index (χ4v) is 6.19. The molecule has 3 rings (SSSR count). The highest BCUT2D eigenvalue weighted by Crippen LogP contribution is 2.43. The predicted molar refractivity (Wildman–Crippen MR) is 150 cm³/mol. The maximum absolute atomic E-state index is 13.4. The third kappa shape index (κ3) is 5.38. The number of benzene rings is 2. The summed E-state index contributed by atoms with van der Waals surface area (Å²) in [6.07, 6.45) is 0.863. The molecule has 0 amide bonds. The number of aromatic nitrogens is 1. The van der Waals surface area contributed by atoms with E-state index in [2.05, 4.69) is 15.2 Å². The van der Waals surface area contributed by atoms with Gasteiger partial charge in [-0.25, -0.2) is 4.98 Å². The van der Waals surface area contributed by atoms with E-state index in [1.807, 2.05) is 53.4 Å². The van der Waals surface area contributed by atoms with Crippen molar-refractivity contribution in [2.75, 3.05) is 22.7 Å². The van der Waals surface area contributed by atoms with E-state index in [-0.39, 0.29) is 17.8 Å². The zero-order chi connectivity index (χ0) is 28.6. The Kier molecular flexibility index (Phi) is 8.77. The van der Waals surface area contributed by atoms with Crippen LogP contribution in [0.4, 0.5) is 35.4 Å². The molecule has 1 aromatic heterocycles. The number of sulfonamides is 1. The fraction of sp³-hybridized carbons (Fsp3) is 0.500. The van der Waals surface area contributed by atoms with Gasteiger partial charge in [-0.2, -0.15) is 21.6 Å². The van der Waals surface area contributed by atoms with Crippen LogP contribution < -0.4 is 9.62 Å². The second-order valence-corrected chi connectivity index (χ2v) is 11.7. The first-order valence-corrected chi connectivity index (χ1v) is 14.8. The summed E-state index contributed by atoms with van der Waals surface area (Å²) in [4.78, 5) is 6.63. The van der Waals surface area contributed by atoms with Gasteiger partial charge in [-0.3, -0.25) is 4.72 Å². The molecule has 0 aliphatic heterocycles. The number of hydrogen-bond acceptors (Lipinski definition) is 7. The summed E-state index contributed by atoms with van der Waals surface area (Å²) in [5.41, 5.74) is 1.56. The highest BCUT2D eigenvalue weighted by atomic mass is 32.2. The summed E-state index contributed by atoms with van der Waals surface area (Å²) < 4.78 is 67.4. The molecule has 0 fully saturated rings. The van der Waals surface area contributed by atoms with Crippen molar-refractivity contribution in [2.45, 2.75) is 73.7 Å². The monoisotopic (exact) mass is 569 g/mol. The molecule has 0 atom stereocenters. The number of thiazole rings is 1. The molecule has 2 aromatic carbocycles. The van der Waals surface area contributed by atoms with Crippen molar-refractivity contribution in [2.24, 2.45) is 10.2 Å². The molecule has 38 heavy (non-hydrogen) atoms. The quantitative estimate of drug-likeness (QED) is 0.263. The van der Waals surface area contributed by atoms with Crippen LogP contribution >= 0.6 is 11.3 Å². The summed E-state index contributed by atoms with van der Waals surface area (Å²) in [7, 11) is -5.69. The summed E-state index contributed by atoms with van der Waals surface area (Å²) >= 11 is 1.34. The lowest BCUT2D eigenvalue weighted by atomic mass is 9.98. The van der Waals surface area contributed by atoms with Crippen LogP contribution in [0.1, 0.15) is 61.1 Å². The Hall–Kier alpha value is -2.73. The Morgan fingerprint density at radius 1 is 0.947 bits per heavy atom. The van der Waals surface area contributed by atoms with Crippen LogP contribution in [0, 0.1) is 27.7 Å². The van der Waals surface area contributed by atoms with Crippen LogP contribution in [-0.4, -0.2) is 32.0 Å². The summed E-state index contributed by atoms with van der Waals surface area (Å²) in [6, 6.07) is 1.61. The second-order valence-electron chi connectivity index (χ2n) is 9.06. The van der Waals surface area contributed by atoms with Crippen LogP contribution in [-0.2, 0) is 22.9 Å².